The van der Waals surface area contributed by atoms with E-state index in [4.69, 9.17) is 0 Å². The Morgan fingerprint density at radius 3 is 2.83 bits per heavy atom. The molecule has 2 fully saturated rings. The smallest absolute Gasteiger partial charge is 0.245 e. The molecule has 0 aromatic heterocycles. The maximum atomic E-state index is 12.3. The summed E-state index contributed by atoms with van der Waals surface area (Å²) in [6, 6.07) is -0.962. The second-order valence-electron chi connectivity index (χ2n) is 4.52. The van der Waals surface area contributed by atoms with E-state index < -0.39 is 12.1 Å². The summed E-state index contributed by atoms with van der Waals surface area (Å²) in [6.07, 6.45) is 0.898. The van der Waals surface area contributed by atoms with Gasteiger partial charge < -0.3 is 20.9 Å². The fraction of sp³-hybridized carbons (Fsp3) is 0.727. The summed E-state index contributed by atoms with van der Waals surface area (Å²) >= 11 is 0. The molecule has 7 heteroatoms. The third kappa shape index (κ3) is 2.45. The minimum Gasteiger partial charge on any atom is -0.357 e. The summed E-state index contributed by atoms with van der Waals surface area (Å²) in [6.45, 7) is 1.61. The highest BCUT2D eigenvalue weighted by Crippen LogP contribution is 2.13. The number of hydrogen-bond acceptors (Lipinski definition) is 4. The molecule has 3 amide bonds. The SMILES string of the molecule is CNC(=O)C1CNCCN1C(=O)C1CCC(=O)N1. The third-order valence-corrected chi connectivity index (χ3v) is 3.37. The van der Waals surface area contributed by atoms with Gasteiger partial charge in [-0.15, -0.1) is 0 Å². The topological polar surface area (TPSA) is 90.5 Å². The van der Waals surface area contributed by atoms with Crippen LogP contribution in [0.2, 0.25) is 0 Å². The largest absolute Gasteiger partial charge is 0.357 e. The van der Waals surface area contributed by atoms with Gasteiger partial charge in [0.05, 0.1) is 0 Å². The molecule has 100 valence electrons. The first-order valence-electron chi connectivity index (χ1n) is 6.15. The number of amides is 3. The highest BCUT2D eigenvalue weighted by atomic mass is 16.2. The van der Waals surface area contributed by atoms with Gasteiger partial charge in [0.25, 0.3) is 0 Å². The summed E-state index contributed by atoms with van der Waals surface area (Å²) in [5, 5.41) is 8.30. The van der Waals surface area contributed by atoms with Crippen LogP contribution in [0.4, 0.5) is 0 Å². The van der Waals surface area contributed by atoms with Crippen molar-refractivity contribution in [1.82, 2.24) is 20.9 Å². The molecule has 0 saturated carbocycles. The normalized spacial score (nSPS) is 27.8. The van der Waals surface area contributed by atoms with Crippen LogP contribution < -0.4 is 16.0 Å². The Hall–Kier alpha value is -1.63. The Bertz CT molecular complexity index is 371. The van der Waals surface area contributed by atoms with Gasteiger partial charge in [-0.1, -0.05) is 0 Å². The number of rotatable bonds is 2. The van der Waals surface area contributed by atoms with Gasteiger partial charge in [0.15, 0.2) is 0 Å². The van der Waals surface area contributed by atoms with E-state index in [1.165, 1.54) is 0 Å². The molecular formula is C11H18N4O3. The fourth-order valence-corrected chi connectivity index (χ4v) is 2.37. The molecule has 2 saturated heterocycles. The first-order valence-corrected chi connectivity index (χ1v) is 6.15. The van der Waals surface area contributed by atoms with E-state index >= 15 is 0 Å². The van der Waals surface area contributed by atoms with Gasteiger partial charge in [-0.25, -0.2) is 0 Å². The van der Waals surface area contributed by atoms with Crippen LogP contribution >= 0.6 is 0 Å². The Morgan fingerprint density at radius 1 is 1.44 bits per heavy atom. The quantitative estimate of drug-likeness (QED) is 0.522. The summed E-state index contributed by atoms with van der Waals surface area (Å²) in [5.41, 5.74) is 0. The number of piperazine rings is 1. The van der Waals surface area contributed by atoms with E-state index in [2.05, 4.69) is 16.0 Å². The Balaban J connectivity index is 2.06. The maximum Gasteiger partial charge on any atom is 0.245 e. The molecular weight excluding hydrogens is 236 g/mol. The van der Waals surface area contributed by atoms with Crippen LogP contribution in [0.25, 0.3) is 0 Å². The predicted molar refractivity (Wildman–Crippen MR) is 63.6 cm³/mol. The lowest BCUT2D eigenvalue weighted by molar-refractivity contribution is -0.143. The fourth-order valence-electron chi connectivity index (χ4n) is 2.37. The molecule has 2 heterocycles. The summed E-state index contributed by atoms with van der Waals surface area (Å²) in [4.78, 5) is 36.7. The van der Waals surface area contributed by atoms with Crippen LogP contribution in [0.1, 0.15) is 12.8 Å². The summed E-state index contributed by atoms with van der Waals surface area (Å²) in [7, 11) is 1.55. The molecule has 7 nitrogen and oxygen atoms in total. The molecule has 2 rings (SSSR count). The van der Waals surface area contributed by atoms with Crippen LogP contribution in [-0.4, -0.2) is 61.4 Å². The van der Waals surface area contributed by atoms with Gasteiger partial charge in [0, 0.05) is 33.1 Å². The number of carbonyl (C=O) groups excluding carboxylic acids is 3. The molecule has 0 aliphatic carbocycles. The minimum atomic E-state index is -0.492. The Labute approximate surface area is 105 Å². The van der Waals surface area contributed by atoms with Crippen LogP contribution in [0, 0.1) is 0 Å². The van der Waals surface area contributed by atoms with E-state index in [1.807, 2.05) is 0 Å². The molecule has 2 atom stereocenters. The van der Waals surface area contributed by atoms with Crippen LogP contribution in [0.3, 0.4) is 0 Å². The lowest BCUT2D eigenvalue weighted by atomic mass is 10.1. The van der Waals surface area contributed by atoms with Gasteiger partial charge in [-0.2, -0.15) is 0 Å². The number of nitrogens with zero attached hydrogens (tertiary/aromatic N) is 1. The van der Waals surface area contributed by atoms with Crippen molar-refractivity contribution in [2.45, 2.75) is 24.9 Å². The van der Waals surface area contributed by atoms with Crippen LogP contribution in [-0.2, 0) is 14.4 Å². The zero-order chi connectivity index (χ0) is 13.1. The molecule has 2 unspecified atom stereocenters. The van der Waals surface area contributed by atoms with Crippen molar-refractivity contribution < 1.29 is 14.4 Å². The number of carbonyl (C=O) groups is 3. The standard InChI is InChI=1S/C11H18N4O3/c1-12-10(17)8-6-13-4-5-15(8)11(18)7-2-3-9(16)14-7/h7-8,13H,2-6H2,1H3,(H,12,17)(H,14,16). The van der Waals surface area contributed by atoms with Crippen molar-refractivity contribution in [3.05, 3.63) is 0 Å². The van der Waals surface area contributed by atoms with Crippen molar-refractivity contribution in [2.24, 2.45) is 0 Å². The number of nitrogens with one attached hydrogen (secondary N) is 3. The summed E-state index contributed by atoms with van der Waals surface area (Å²) in [5.74, 6) is -0.434. The lowest BCUT2D eigenvalue weighted by Crippen LogP contribution is -2.61. The van der Waals surface area contributed by atoms with Crippen molar-refractivity contribution >= 4 is 17.7 Å². The maximum absolute atomic E-state index is 12.3. The average molecular weight is 254 g/mol. The van der Waals surface area contributed by atoms with Gasteiger partial charge in [0.2, 0.25) is 17.7 Å². The minimum absolute atomic E-state index is 0.0972. The van der Waals surface area contributed by atoms with Gasteiger partial charge in [-0.3, -0.25) is 14.4 Å². The monoisotopic (exact) mass is 254 g/mol. The van der Waals surface area contributed by atoms with Crippen LogP contribution in [0.15, 0.2) is 0 Å². The number of hydrogen-bond donors (Lipinski definition) is 3. The van der Waals surface area contributed by atoms with E-state index in [-0.39, 0.29) is 17.7 Å². The molecule has 3 N–H and O–H groups in total. The van der Waals surface area contributed by atoms with E-state index in [1.54, 1.807) is 11.9 Å². The number of likely N-dealkylation sites (N-methyl/N-ethyl adjacent to an activating group) is 1. The lowest BCUT2D eigenvalue weighted by Gasteiger charge is -2.36. The molecule has 0 aromatic carbocycles. The highest BCUT2D eigenvalue weighted by Gasteiger charge is 2.37. The molecule has 18 heavy (non-hydrogen) atoms. The molecule has 0 aromatic rings. The molecule has 0 spiro atoms. The van der Waals surface area contributed by atoms with Crippen molar-refractivity contribution in [1.29, 1.82) is 0 Å². The summed E-state index contributed by atoms with van der Waals surface area (Å²) < 4.78 is 0. The van der Waals surface area contributed by atoms with E-state index in [9.17, 15) is 14.4 Å². The van der Waals surface area contributed by atoms with E-state index in [0.717, 1.165) is 0 Å². The van der Waals surface area contributed by atoms with E-state index in [0.29, 0.717) is 32.5 Å². The zero-order valence-electron chi connectivity index (χ0n) is 10.4. The zero-order valence-corrected chi connectivity index (χ0v) is 10.4. The van der Waals surface area contributed by atoms with Crippen molar-refractivity contribution in [2.75, 3.05) is 26.7 Å². The first-order chi connectivity index (χ1) is 8.63. The second-order valence-corrected chi connectivity index (χ2v) is 4.52. The predicted octanol–water partition coefficient (Wildman–Crippen LogP) is -2.19. The molecule has 0 bridgehead atoms. The molecule has 0 radical (unpaired) electrons. The second kappa shape index (κ2) is 5.34. The van der Waals surface area contributed by atoms with Crippen LogP contribution in [0.5, 0.6) is 0 Å². The molecule has 2 aliphatic heterocycles. The first kappa shape index (κ1) is 12.8. The highest BCUT2D eigenvalue weighted by molar-refractivity contribution is 5.94. The van der Waals surface area contributed by atoms with Gasteiger partial charge >= 0.3 is 0 Å². The van der Waals surface area contributed by atoms with Gasteiger partial charge in [0.1, 0.15) is 12.1 Å². The van der Waals surface area contributed by atoms with Gasteiger partial charge in [-0.05, 0) is 6.42 Å². The Kier molecular flexibility index (Phi) is 3.81. The third-order valence-electron chi connectivity index (χ3n) is 3.37. The van der Waals surface area contributed by atoms with Crippen molar-refractivity contribution in [3.8, 4) is 0 Å². The average Bonchev–Trinajstić information content (AvgIpc) is 2.83. The van der Waals surface area contributed by atoms with Crippen molar-refractivity contribution in [3.63, 3.8) is 0 Å². The Morgan fingerprint density at radius 2 is 2.22 bits per heavy atom. The molecule has 2 aliphatic rings.